The Balaban J connectivity index is 1.77. The van der Waals surface area contributed by atoms with E-state index in [4.69, 9.17) is 0 Å². The van der Waals surface area contributed by atoms with Gasteiger partial charge in [-0.25, -0.2) is 0 Å². The molecule has 2 aromatic rings. The molecule has 0 fully saturated rings. The van der Waals surface area contributed by atoms with Crippen molar-refractivity contribution >= 4 is 45.2 Å². The van der Waals surface area contributed by atoms with Crippen molar-refractivity contribution < 1.29 is 9.59 Å². The molecule has 1 atom stereocenters. The van der Waals surface area contributed by atoms with E-state index in [0.717, 1.165) is 14.9 Å². The number of anilines is 1. The fourth-order valence-electron chi connectivity index (χ4n) is 2.41. The molecule has 2 N–H and O–H groups in total. The standard InChI is InChI=1S/C17H15BrN2O2S/c1-10(12-4-2-3-5-13(12)18)19-17(22)11-6-7-15-14(8-11)20-16(21)9-23-15/h2-8,10H,9H2,1H3,(H,19,22)(H,20,21)/t10-/m1/s1. The lowest BCUT2D eigenvalue weighted by atomic mass is 10.1. The second-order valence-electron chi connectivity index (χ2n) is 5.26. The van der Waals surface area contributed by atoms with Gasteiger partial charge in [0.15, 0.2) is 0 Å². The van der Waals surface area contributed by atoms with Crippen molar-refractivity contribution in [2.45, 2.75) is 17.9 Å². The summed E-state index contributed by atoms with van der Waals surface area (Å²) >= 11 is 4.98. The Bertz CT molecular complexity index is 779. The van der Waals surface area contributed by atoms with E-state index < -0.39 is 0 Å². The van der Waals surface area contributed by atoms with Gasteiger partial charge in [-0.3, -0.25) is 9.59 Å². The van der Waals surface area contributed by atoms with Crippen molar-refractivity contribution in [3.8, 4) is 0 Å². The third kappa shape index (κ3) is 3.59. The van der Waals surface area contributed by atoms with Crippen molar-refractivity contribution in [1.82, 2.24) is 5.32 Å². The van der Waals surface area contributed by atoms with Crippen molar-refractivity contribution in [2.24, 2.45) is 0 Å². The normalized spacial score (nSPS) is 14.6. The van der Waals surface area contributed by atoms with Crippen LogP contribution >= 0.6 is 27.7 Å². The molecule has 1 aliphatic rings. The van der Waals surface area contributed by atoms with Gasteiger partial charge in [-0.05, 0) is 36.8 Å². The minimum Gasteiger partial charge on any atom is -0.345 e. The topological polar surface area (TPSA) is 58.2 Å². The molecule has 0 aliphatic carbocycles. The molecule has 3 rings (SSSR count). The average molecular weight is 391 g/mol. The van der Waals surface area contributed by atoms with Crippen LogP contribution in [0.1, 0.15) is 28.9 Å². The fourth-order valence-corrected chi connectivity index (χ4v) is 3.82. The Morgan fingerprint density at radius 2 is 2.09 bits per heavy atom. The van der Waals surface area contributed by atoms with Gasteiger partial charge in [-0.1, -0.05) is 34.1 Å². The maximum Gasteiger partial charge on any atom is 0.251 e. The van der Waals surface area contributed by atoms with Crippen molar-refractivity contribution in [1.29, 1.82) is 0 Å². The Morgan fingerprint density at radius 1 is 1.30 bits per heavy atom. The van der Waals surface area contributed by atoms with Crippen molar-refractivity contribution in [2.75, 3.05) is 11.1 Å². The van der Waals surface area contributed by atoms with Gasteiger partial charge in [0.25, 0.3) is 5.91 Å². The van der Waals surface area contributed by atoms with E-state index in [9.17, 15) is 9.59 Å². The first-order valence-corrected chi connectivity index (χ1v) is 8.94. The summed E-state index contributed by atoms with van der Waals surface area (Å²) < 4.78 is 0.960. The molecule has 23 heavy (non-hydrogen) atoms. The molecule has 1 aliphatic heterocycles. The molecular formula is C17H15BrN2O2S. The van der Waals surface area contributed by atoms with Gasteiger partial charge in [0.1, 0.15) is 0 Å². The van der Waals surface area contributed by atoms with Crippen LogP contribution in [0.5, 0.6) is 0 Å². The second-order valence-corrected chi connectivity index (χ2v) is 7.14. The number of fused-ring (bicyclic) bond motifs is 1. The number of nitrogens with one attached hydrogen (secondary N) is 2. The van der Waals surface area contributed by atoms with Crippen LogP contribution in [0.3, 0.4) is 0 Å². The van der Waals surface area contributed by atoms with E-state index in [-0.39, 0.29) is 17.9 Å². The molecule has 0 spiro atoms. The lowest BCUT2D eigenvalue weighted by molar-refractivity contribution is -0.113. The highest BCUT2D eigenvalue weighted by Gasteiger charge is 2.18. The van der Waals surface area contributed by atoms with Gasteiger partial charge < -0.3 is 10.6 Å². The van der Waals surface area contributed by atoms with E-state index in [1.54, 1.807) is 12.1 Å². The Labute approximate surface area is 147 Å². The molecule has 0 saturated carbocycles. The zero-order valence-corrected chi connectivity index (χ0v) is 14.8. The molecule has 1 heterocycles. The highest BCUT2D eigenvalue weighted by Crippen LogP contribution is 2.32. The van der Waals surface area contributed by atoms with Crippen molar-refractivity contribution in [3.05, 3.63) is 58.1 Å². The zero-order chi connectivity index (χ0) is 16.4. The molecule has 0 bridgehead atoms. The molecule has 0 radical (unpaired) electrons. The number of benzene rings is 2. The Hall–Kier alpha value is -1.79. The van der Waals surface area contributed by atoms with E-state index in [1.165, 1.54) is 11.8 Å². The molecule has 0 unspecified atom stereocenters. The largest absolute Gasteiger partial charge is 0.345 e. The van der Waals surface area contributed by atoms with E-state index in [1.807, 2.05) is 37.3 Å². The summed E-state index contributed by atoms with van der Waals surface area (Å²) in [5, 5.41) is 5.78. The van der Waals surface area contributed by atoms with E-state index in [2.05, 4.69) is 26.6 Å². The first kappa shape index (κ1) is 16.1. The van der Waals surface area contributed by atoms with Gasteiger partial charge in [0, 0.05) is 14.9 Å². The number of thioether (sulfide) groups is 1. The summed E-state index contributed by atoms with van der Waals surface area (Å²) in [4.78, 5) is 24.9. The van der Waals surface area contributed by atoms with E-state index >= 15 is 0 Å². The average Bonchev–Trinajstić information content (AvgIpc) is 2.54. The minimum absolute atomic E-state index is 0.0401. The van der Waals surface area contributed by atoms with Crippen LogP contribution < -0.4 is 10.6 Å². The number of rotatable bonds is 3. The lowest BCUT2D eigenvalue weighted by Gasteiger charge is -2.19. The number of carbonyl (C=O) groups excluding carboxylic acids is 2. The second kappa shape index (κ2) is 6.76. The van der Waals surface area contributed by atoms with Crippen LogP contribution in [-0.4, -0.2) is 17.6 Å². The third-order valence-corrected chi connectivity index (χ3v) is 5.39. The fraction of sp³-hybridized carbons (Fsp3) is 0.176. The van der Waals surface area contributed by atoms with Crippen LogP contribution in [0.4, 0.5) is 5.69 Å². The molecule has 4 nitrogen and oxygen atoms in total. The minimum atomic E-state index is -0.166. The number of amides is 2. The van der Waals surface area contributed by atoms with Crippen LogP contribution in [0, 0.1) is 0 Å². The summed E-state index contributed by atoms with van der Waals surface area (Å²) in [6.45, 7) is 1.94. The molecule has 0 saturated heterocycles. The highest BCUT2D eigenvalue weighted by atomic mass is 79.9. The molecule has 2 amide bonds. The molecule has 118 valence electrons. The van der Waals surface area contributed by atoms with Gasteiger partial charge in [-0.2, -0.15) is 0 Å². The van der Waals surface area contributed by atoms with Gasteiger partial charge in [0.2, 0.25) is 5.91 Å². The van der Waals surface area contributed by atoms with Crippen molar-refractivity contribution in [3.63, 3.8) is 0 Å². The quantitative estimate of drug-likeness (QED) is 0.832. The summed E-state index contributed by atoms with van der Waals surface area (Å²) in [6, 6.07) is 13.0. The summed E-state index contributed by atoms with van der Waals surface area (Å²) in [5.74, 6) is 0.208. The molecular weight excluding hydrogens is 376 g/mol. The van der Waals surface area contributed by atoms with E-state index in [0.29, 0.717) is 17.0 Å². The molecule has 6 heteroatoms. The SMILES string of the molecule is C[C@@H](NC(=O)c1ccc2c(c1)NC(=O)CS2)c1ccccc1Br. The maximum absolute atomic E-state index is 12.5. The van der Waals surface area contributed by atoms with Gasteiger partial charge >= 0.3 is 0 Å². The predicted octanol–water partition coefficient (Wildman–Crippen LogP) is 3.98. The zero-order valence-electron chi connectivity index (χ0n) is 12.4. The number of halogens is 1. The number of hydrogen-bond donors (Lipinski definition) is 2. The number of carbonyl (C=O) groups is 2. The van der Waals surface area contributed by atoms with Gasteiger partial charge in [0.05, 0.1) is 17.5 Å². The molecule has 2 aromatic carbocycles. The first-order chi connectivity index (χ1) is 11.0. The Morgan fingerprint density at radius 3 is 2.87 bits per heavy atom. The third-order valence-electron chi connectivity index (χ3n) is 3.59. The monoisotopic (exact) mass is 390 g/mol. The number of hydrogen-bond acceptors (Lipinski definition) is 3. The lowest BCUT2D eigenvalue weighted by Crippen LogP contribution is -2.27. The maximum atomic E-state index is 12.5. The summed E-state index contributed by atoms with van der Waals surface area (Å²) in [7, 11) is 0. The smallest absolute Gasteiger partial charge is 0.251 e. The molecule has 0 aromatic heterocycles. The summed E-state index contributed by atoms with van der Waals surface area (Å²) in [6.07, 6.45) is 0. The van der Waals surface area contributed by atoms with Crippen LogP contribution in [0.2, 0.25) is 0 Å². The Kier molecular flexibility index (Phi) is 4.73. The van der Waals surface area contributed by atoms with Crippen LogP contribution in [0.25, 0.3) is 0 Å². The highest BCUT2D eigenvalue weighted by molar-refractivity contribution is 9.10. The van der Waals surface area contributed by atoms with Crippen LogP contribution in [0.15, 0.2) is 51.8 Å². The first-order valence-electron chi connectivity index (χ1n) is 7.16. The predicted molar refractivity (Wildman–Crippen MR) is 95.8 cm³/mol. The summed E-state index contributed by atoms with van der Waals surface area (Å²) in [5.41, 5.74) is 2.25. The van der Waals surface area contributed by atoms with Gasteiger partial charge in [-0.15, -0.1) is 11.8 Å². The van der Waals surface area contributed by atoms with Crippen LogP contribution in [-0.2, 0) is 4.79 Å².